The van der Waals surface area contributed by atoms with Gasteiger partial charge in [0.1, 0.15) is 0 Å². The van der Waals surface area contributed by atoms with Gasteiger partial charge in [-0.3, -0.25) is 0 Å². The number of amides is 1. The Morgan fingerprint density at radius 2 is 2.00 bits per heavy atom. The van der Waals surface area contributed by atoms with E-state index in [4.69, 9.17) is 9.47 Å². The predicted octanol–water partition coefficient (Wildman–Crippen LogP) is 3.15. The summed E-state index contributed by atoms with van der Waals surface area (Å²) < 4.78 is 33.8. The molecular formula is C20H30N2O5S. The zero-order chi connectivity index (χ0) is 20.3. The summed E-state index contributed by atoms with van der Waals surface area (Å²) in [6.07, 6.45) is 6.53. The SMILES string of the molecule is CC(C)OC(=O)N1CCC(C2CC2CCOc2ccc(S(C)(=O)=O)cn2)CC1. The Kier molecular flexibility index (Phi) is 6.47. The van der Waals surface area contributed by atoms with E-state index in [-0.39, 0.29) is 17.1 Å². The first-order chi connectivity index (χ1) is 13.2. The molecule has 0 bridgehead atoms. The van der Waals surface area contributed by atoms with Gasteiger partial charge in [0.2, 0.25) is 5.88 Å². The van der Waals surface area contributed by atoms with Crippen LogP contribution in [0, 0.1) is 17.8 Å². The monoisotopic (exact) mass is 410 g/mol. The molecule has 2 heterocycles. The van der Waals surface area contributed by atoms with Crippen LogP contribution in [0.25, 0.3) is 0 Å². The maximum Gasteiger partial charge on any atom is 0.410 e. The molecule has 28 heavy (non-hydrogen) atoms. The number of carbonyl (C=O) groups excluding carboxylic acids is 1. The first-order valence-corrected chi connectivity index (χ1v) is 11.9. The number of aromatic nitrogens is 1. The lowest BCUT2D eigenvalue weighted by atomic mass is 9.91. The van der Waals surface area contributed by atoms with Crippen molar-refractivity contribution in [1.82, 2.24) is 9.88 Å². The predicted molar refractivity (Wildman–Crippen MR) is 105 cm³/mol. The van der Waals surface area contributed by atoms with Gasteiger partial charge >= 0.3 is 6.09 Å². The van der Waals surface area contributed by atoms with Crippen molar-refractivity contribution in [2.45, 2.75) is 50.5 Å². The fourth-order valence-corrected chi connectivity index (χ4v) is 4.51. The van der Waals surface area contributed by atoms with E-state index < -0.39 is 9.84 Å². The van der Waals surface area contributed by atoms with Crippen LogP contribution in [0.3, 0.4) is 0 Å². The van der Waals surface area contributed by atoms with E-state index in [0.29, 0.717) is 24.3 Å². The maximum absolute atomic E-state index is 12.0. The molecule has 0 spiro atoms. The normalized spacial score (nSPS) is 22.9. The van der Waals surface area contributed by atoms with Crippen LogP contribution >= 0.6 is 0 Å². The summed E-state index contributed by atoms with van der Waals surface area (Å²) in [7, 11) is -3.23. The third-order valence-corrected chi connectivity index (χ3v) is 6.69. The Bertz CT molecular complexity index is 770. The molecule has 8 heteroatoms. The molecule has 1 saturated heterocycles. The highest BCUT2D eigenvalue weighted by Gasteiger charge is 2.43. The molecule has 1 aromatic rings. The van der Waals surface area contributed by atoms with Crippen LogP contribution in [0.1, 0.15) is 39.5 Å². The topological polar surface area (TPSA) is 85.8 Å². The molecule has 1 saturated carbocycles. The highest BCUT2D eigenvalue weighted by Crippen LogP contribution is 2.49. The molecule has 0 radical (unpaired) electrons. The Morgan fingerprint density at radius 3 is 2.57 bits per heavy atom. The van der Waals surface area contributed by atoms with Crippen LogP contribution in [0.2, 0.25) is 0 Å². The molecule has 3 rings (SSSR count). The van der Waals surface area contributed by atoms with Gasteiger partial charge in [0.05, 0.1) is 17.6 Å². The van der Waals surface area contributed by atoms with Crippen molar-refractivity contribution in [3.63, 3.8) is 0 Å². The van der Waals surface area contributed by atoms with Gasteiger partial charge in [-0.2, -0.15) is 0 Å². The molecule has 2 aliphatic rings. The van der Waals surface area contributed by atoms with Gasteiger partial charge in [-0.05, 0) is 63.4 Å². The summed E-state index contributed by atoms with van der Waals surface area (Å²) in [6, 6.07) is 3.13. The van der Waals surface area contributed by atoms with Crippen LogP contribution < -0.4 is 4.74 Å². The standard InChI is InChI=1S/C20H30N2O5S/c1-14(2)27-20(23)22-9-6-15(7-10-22)18-12-16(18)8-11-26-19-5-4-17(13-21-19)28(3,24)25/h4-5,13-16,18H,6-12H2,1-3H3. The summed E-state index contributed by atoms with van der Waals surface area (Å²) in [5, 5.41) is 0. The van der Waals surface area contributed by atoms with Crippen LogP contribution in [0.4, 0.5) is 4.79 Å². The molecule has 2 unspecified atom stereocenters. The van der Waals surface area contributed by atoms with Crippen molar-refractivity contribution in [3.8, 4) is 5.88 Å². The Balaban J connectivity index is 1.35. The van der Waals surface area contributed by atoms with Crippen molar-refractivity contribution in [2.24, 2.45) is 17.8 Å². The van der Waals surface area contributed by atoms with E-state index in [2.05, 4.69) is 4.98 Å². The lowest BCUT2D eigenvalue weighted by Gasteiger charge is -2.32. The number of nitrogens with zero attached hydrogens (tertiary/aromatic N) is 2. The molecule has 1 aliphatic carbocycles. The van der Waals surface area contributed by atoms with Crippen LogP contribution in [0.15, 0.2) is 23.2 Å². The first-order valence-electron chi connectivity index (χ1n) is 9.98. The van der Waals surface area contributed by atoms with Crippen LogP contribution in [-0.2, 0) is 14.6 Å². The summed E-state index contributed by atoms with van der Waals surface area (Å²) in [4.78, 5) is 18.1. The largest absolute Gasteiger partial charge is 0.478 e. The third-order valence-electron chi connectivity index (χ3n) is 5.59. The van der Waals surface area contributed by atoms with Crippen molar-refractivity contribution >= 4 is 15.9 Å². The van der Waals surface area contributed by atoms with Crippen molar-refractivity contribution in [1.29, 1.82) is 0 Å². The Hall–Kier alpha value is -1.83. The molecule has 1 aromatic heterocycles. The van der Waals surface area contributed by atoms with E-state index in [1.54, 1.807) is 6.07 Å². The number of sulfone groups is 1. The number of pyridine rings is 1. The lowest BCUT2D eigenvalue weighted by Crippen LogP contribution is -2.40. The van der Waals surface area contributed by atoms with Gasteiger partial charge in [0.25, 0.3) is 0 Å². The lowest BCUT2D eigenvalue weighted by molar-refractivity contribution is 0.0633. The number of hydrogen-bond donors (Lipinski definition) is 0. The van der Waals surface area contributed by atoms with E-state index in [0.717, 1.165) is 44.5 Å². The maximum atomic E-state index is 12.0. The van der Waals surface area contributed by atoms with Gasteiger partial charge < -0.3 is 14.4 Å². The molecule has 0 aromatic carbocycles. The minimum absolute atomic E-state index is 0.0740. The smallest absolute Gasteiger partial charge is 0.410 e. The zero-order valence-corrected chi connectivity index (χ0v) is 17.7. The fraction of sp³-hybridized carbons (Fsp3) is 0.700. The van der Waals surface area contributed by atoms with Gasteiger partial charge in [-0.15, -0.1) is 0 Å². The van der Waals surface area contributed by atoms with Crippen molar-refractivity contribution < 1.29 is 22.7 Å². The Labute approximate surface area is 167 Å². The van der Waals surface area contributed by atoms with Crippen molar-refractivity contribution in [2.75, 3.05) is 26.0 Å². The van der Waals surface area contributed by atoms with Crippen molar-refractivity contribution in [3.05, 3.63) is 18.3 Å². The van der Waals surface area contributed by atoms with E-state index in [9.17, 15) is 13.2 Å². The number of likely N-dealkylation sites (tertiary alicyclic amines) is 1. The van der Waals surface area contributed by atoms with Crippen LogP contribution in [-0.4, -0.2) is 56.5 Å². The third kappa shape index (κ3) is 5.59. The molecule has 1 amide bonds. The second-order valence-electron chi connectivity index (χ2n) is 8.16. The van der Waals surface area contributed by atoms with Gasteiger partial charge in [-0.1, -0.05) is 0 Å². The summed E-state index contributed by atoms with van der Waals surface area (Å²) >= 11 is 0. The van der Waals surface area contributed by atoms with Gasteiger partial charge in [-0.25, -0.2) is 18.2 Å². The minimum Gasteiger partial charge on any atom is -0.478 e. The second-order valence-corrected chi connectivity index (χ2v) is 10.2. The number of ether oxygens (including phenoxy) is 2. The first kappa shape index (κ1) is 20.9. The summed E-state index contributed by atoms with van der Waals surface area (Å²) in [5.41, 5.74) is 0. The highest BCUT2D eigenvalue weighted by atomic mass is 32.2. The molecule has 1 aliphatic heterocycles. The average molecular weight is 411 g/mol. The van der Waals surface area contributed by atoms with Gasteiger partial charge in [0, 0.05) is 31.6 Å². The average Bonchev–Trinajstić information content (AvgIpc) is 3.40. The van der Waals surface area contributed by atoms with Gasteiger partial charge in [0.15, 0.2) is 9.84 Å². The number of piperidine rings is 1. The molecule has 2 atom stereocenters. The van der Waals surface area contributed by atoms with E-state index >= 15 is 0 Å². The summed E-state index contributed by atoms with van der Waals surface area (Å²) in [6.45, 7) is 5.90. The second kappa shape index (κ2) is 8.68. The molecule has 156 valence electrons. The van der Waals surface area contributed by atoms with E-state index in [1.165, 1.54) is 18.7 Å². The number of rotatable bonds is 7. The fourth-order valence-electron chi connectivity index (χ4n) is 3.95. The molecule has 0 N–H and O–H groups in total. The number of carbonyl (C=O) groups is 1. The minimum atomic E-state index is -3.23. The molecule has 7 nitrogen and oxygen atoms in total. The van der Waals surface area contributed by atoms with E-state index in [1.807, 2.05) is 18.7 Å². The van der Waals surface area contributed by atoms with Crippen LogP contribution in [0.5, 0.6) is 5.88 Å². The molecular weight excluding hydrogens is 380 g/mol. The quantitative estimate of drug-likeness (QED) is 0.686. The summed E-state index contributed by atoms with van der Waals surface area (Å²) in [5.74, 6) is 2.55. The number of hydrogen-bond acceptors (Lipinski definition) is 6. The molecule has 2 fully saturated rings. The Morgan fingerprint density at radius 1 is 1.29 bits per heavy atom. The zero-order valence-electron chi connectivity index (χ0n) is 16.8. The highest BCUT2D eigenvalue weighted by molar-refractivity contribution is 7.90.